The van der Waals surface area contributed by atoms with Crippen molar-refractivity contribution in [3.05, 3.63) is 16.4 Å². The van der Waals surface area contributed by atoms with Crippen LogP contribution in [0.3, 0.4) is 0 Å². The number of hydrogen-bond acceptors (Lipinski definition) is 4. The van der Waals surface area contributed by atoms with Crippen molar-refractivity contribution in [3.8, 4) is 0 Å². The monoisotopic (exact) mass is 262 g/mol. The molecule has 4 nitrogen and oxygen atoms in total. The van der Waals surface area contributed by atoms with Crippen molar-refractivity contribution in [1.82, 2.24) is 19.9 Å². The summed E-state index contributed by atoms with van der Waals surface area (Å²) in [6.07, 6.45) is 3.84. The minimum absolute atomic E-state index is 0.411. The molecule has 1 N–H and O–H groups in total. The van der Waals surface area contributed by atoms with Crippen LogP contribution in [0.4, 0.5) is 0 Å². The third kappa shape index (κ3) is 1.53. The van der Waals surface area contributed by atoms with Crippen molar-refractivity contribution in [2.75, 3.05) is 6.54 Å². The predicted molar refractivity (Wildman–Crippen MR) is 72.1 cm³/mol. The second-order valence-corrected chi connectivity index (χ2v) is 6.76. The number of fused-ring (bicyclic) bond motifs is 3. The van der Waals surface area contributed by atoms with E-state index in [0.29, 0.717) is 12.0 Å². The standard InChI is InChI=1S/C13H18N4S/c1-7(2)12-15-13-17(16-12)9-5-6-14-10(8-3-4-8)11(9)18-13/h7-8,10,14H,3-6H2,1-2H3. The fraction of sp³-hybridized carbons (Fsp3) is 0.692. The van der Waals surface area contributed by atoms with Crippen LogP contribution in [0.2, 0.25) is 0 Å². The van der Waals surface area contributed by atoms with Gasteiger partial charge in [0.2, 0.25) is 4.96 Å². The van der Waals surface area contributed by atoms with Gasteiger partial charge in [0.25, 0.3) is 0 Å². The summed E-state index contributed by atoms with van der Waals surface area (Å²) in [5.41, 5.74) is 1.41. The molecule has 1 aliphatic carbocycles. The van der Waals surface area contributed by atoms with Gasteiger partial charge in [0.1, 0.15) is 0 Å². The van der Waals surface area contributed by atoms with Crippen LogP contribution in [-0.4, -0.2) is 21.1 Å². The van der Waals surface area contributed by atoms with Crippen LogP contribution in [0.25, 0.3) is 4.96 Å². The number of thiazole rings is 1. The number of nitrogens with zero attached hydrogens (tertiary/aromatic N) is 3. The largest absolute Gasteiger partial charge is 0.309 e. The molecule has 3 heterocycles. The fourth-order valence-electron chi connectivity index (χ4n) is 2.78. The summed E-state index contributed by atoms with van der Waals surface area (Å²) in [7, 11) is 0. The van der Waals surface area contributed by atoms with Gasteiger partial charge in [0.05, 0.1) is 5.69 Å². The van der Waals surface area contributed by atoms with E-state index in [-0.39, 0.29) is 0 Å². The van der Waals surface area contributed by atoms with Crippen LogP contribution >= 0.6 is 11.3 Å². The Morgan fingerprint density at radius 3 is 2.94 bits per heavy atom. The Hall–Kier alpha value is -0.940. The first-order valence-corrected chi connectivity index (χ1v) is 7.67. The SMILES string of the molecule is CC(C)c1nc2sc3c(n2n1)CCNC3C1CC1. The van der Waals surface area contributed by atoms with Crippen molar-refractivity contribution in [2.24, 2.45) is 5.92 Å². The molecule has 0 aromatic carbocycles. The van der Waals surface area contributed by atoms with Crippen molar-refractivity contribution in [3.63, 3.8) is 0 Å². The summed E-state index contributed by atoms with van der Waals surface area (Å²) in [4.78, 5) is 7.25. The van der Waals surface area contributed by atoms with Gasteiger partial charge in [-0.2, -0.15) is 5.10 Å². The van der Waals surface area contributed by atoms with Crippen molar-refractivity contribution in [1.29, 1.82) is 0 Å². The zero-order valence-corrected chi connectivity index (χ0v) is 11.6. The highest BCUT2D eigenvalue weighted by molar-refractivity contribution is 7.17. The highest BCUT2D eigenvalue weighted by Crippen LogP contribution is 2.45. The number of aromatic nitrogens is 3. The highest BCUT2D eigenvalue weighted by Gasteiger charge is 2.37. The smallest absolute Gasteiger partial charge is 0.212 e. The lowest BCUT2D eigenvalue weighted by atomic mass is 10.0. The molecule has 1 fully saturated rings. The molecule has 0 amide bonds. The van der Waals surface area contributed by atoms with E-state index < -0.39 is 0 Å². The van der Waals surface area contributed by atoms with Gasteiger partial charge in [0, 0.05) is 29.8 Å². The molecule has 5 heteroatoms. The van der Waals surface area contributed by atoms with E-state index in [1.54, 1.807) is 0 Å². The molecular weight excluding hydrogens is 244 g/mol. The Kier molecular flexibility index (Phi) is 2.29. The fourth-order valence-corrected chi connectivity index (χ4v) is 4.06. The molecule has 1 atom stereocenters. The predicted octanol–water partition coefficient (Wildman–Crippen LogP) is 2.51. The van der Waals surface area contributed by atoms with E-state index in [1.165, 1.54) is 23.4 Å². The minimum atomic E-state index is 0.411. The summed E-state index contributed by atoms with van der Waals surface area (Å²) in [6, 6.07) is 0.574. The first-order valence-electron chi connectivity index (χ1n) is 6.85. The maximum Gasteiger partial charge on any atom is 0.212 e. The van der Waals surface area contributed by atoms with E-state index in [1.807, 2.05) is 11.3 Å². The van der Waals surface area contributed by atoms with Crippen molar-refractivity contribution < 1.29 is 0 Å². The van der Waals surface area contributed by atoms with Crippen LogP contribution < -0.4 is 5.32 Å². The van der Waals surface area contributed by atoms with E-state index in [2.05, 4.69) is 33.8 Å². The zero-order chi connectivity index (χ0) is 12.3. The molecule has 0 spiro atoms. The summed E-state index contributed by atoms with van der Waals surface area (Å²) in [6.45, 7) is 5.39. The molecule has 0 bridgehead atoms. The average molecular weight is 262 g/mol. The molecule has 2 aromatic rings. The Morgan fingerprint density at radius 1 is 1.39 bits per heavy atom. The van der Waals surface area contributed by atoms with Gasteiger partial charge in [-0.25, -0.2) is 9.50 Å². The molecular formula is C13H18N4S. The summed E-state index contributed by atoms with van der Waals surface area (Å²) < 4.78 is 2.10. The zero-order valence-electron chi connectivity index (χ0n) is 10.8. The quantitative estimate of drug-likeness (QED) is 0.904. The maximum atomic E-state index is 4.69. The van der Waals surface area contributed by atoms with Gasteiger partial charge >= 0.3 is 0 Å². The second-order valence-electron chi connectivity index (χ2n) is 5.75. The first-order chi connectivity index (χ1) is 8.74. The normalized spacial score (nSPS) is 23.8. The van der Waals surface area contributed by atoms with Crippen molar-refractivity contribution in [2.45, 2.75) is 45.1 Å². The Labute approximate surface area is 110 Å². The number of hydrogen-bond donors (Lipinski definition) is 1. The van der Waals surface area contributed by atoms with Gasteiger partial charge in [-0.3, -0.25) is 0 Å². The highest BCUT2D eigenvalue weighted by atomic mass is 32.1. The van der Waals surface area contributed by atoms with Crippen LogP contribution in [0.5, 0.6) is 0 Å². The molecule has 0 radical (unpaired) electrons. The molecule has 1 saturated carbocycles. The summed E-state index contributed by atoms with van der Waals surface area (Å²) in [5.74, 6) is 2.25. The topological polar surface area (TPSA) is 42.2 Å². The lowest BCUT2D eigenvalue weighted by Crippen LogP contribution is -2.30. The Balaban J connectivity index is 1.83. The van der Waals surface area contributed by atoms with E-state index in [4.69, 9.17) is 0 Å². The molecule has 18 heavy (non-hydrogen) atoms. The number of rotatable bonds is 2. The van der Waals surface area contributed by atoms with Gasteiger partial charge in [-0.1, -0.05) is 25.2 Å². The van der Waals surface area contributed by atoms with E-state index >= 15 is 0 Å². The van der Waals surface area contributed by atoms with Gasteiger partial charge in [-0.05, 0) is 18.8 Å². The van der Waals surface area contributed by atoms with Gasteiger partial charge in [0.15, 0.2) is 5.82 Å². The van der Waals surface area contributed by atoms with Crippen LogP contribution in [0.15, 0.2) is 0 Å². The first kappa shape index (κ1) is 10.9. The molecule has 2 aliphatic rings. The number of nitrogens with one attached hydrogen (secondary N) is 1. The molecule has 1 unspecified atom stereocenters. The van der Waals surface area contributed by atoms with Crippen LogP contribution in [0, 0.1) is 5.92 Å². The lowest BCUT2D eigenvalue weighted by Gasteiger charge is -2.23. The van der Waals surface area contributed by atoms with Gasteiger partial charge in [-0.15, -0.1) is 0 Å². The third-order valence-corrected chi connectivity index (χ3v) is 5.11. The van der Waals surface area contributed by atoms with Crippen molar-refractivity contribution >= 4 is 16.3 Å². The molecule has 0 saturated heterocycles. The summed E-state index contributed by atoms with van der Waals surface area (Å²) in [5, 5.41) is 8.35. The average Bonchev–Trinajstić information content (AvgIpc) is 3.00. The van der Waals surface area contributed by atoms with Crippen LogP contribution in [-0.2, 0) is 6.42 Å². The third-order valence-electron chi connectivity index (χ3n) is 3.95. The van der Waals surface area contributed by atoms with Gasteiger partial charge < -0.3 is 5.32 Å². The molecule has 4 rings (SSSR count). The summed E-state index contributed by atoms with van der Waals surface area (Å²) >= 11 is 1.84. The Bertz CT molecular complexity index is 593. The Morgan fingerprint density at radius 2 is 2.22 bits per heavy atom. The molecule has 1 aliphatic heterocycles. The molecule has 2 aromatic heterocycles. The second kappa shape index (κ2) is 3.78. The maximum absolute atomic E-state index is 4.69. The van der Waals surface area contributed by atoms with E-state index in [9.17, 15) is 0 Å². The molecule has 96 valence electrons. The lowest BCUT2D eigenvalue weighted by molar-refractivity contribution is 0.458. The minimum Gasteiger partial charge on any atom is -0.309 e. The van der Waals surface area contributed by atoms with E-state index in [0.717, 1.165) is 29.7 Å². The van der Waals surface area contributed by atoms with Crippen LogP contribution in [0.1, 0.15) is 55.0 Å².